The normalized spacial score (nSPS) is 52.2. The van der Waals surface area contributed by atoms with E-state index in [1.165, 1.54) is 11.5 Å². The molecule has 0 N–H and O–H groups in total. The summed E-state index contributed by atoms with van der Waals surface area (Å²) in [6.45, 7) is 5.32. The molecule has 3 aliphatic heterocycles. The maximum Gasteiger partial charge on any atom is 0.148 e. The minimum absolute atomic E-state index is 0.129. The van der Waals surface area contributed by atoms with Crippen molar-refractivity contribution in [3.05, 3.63) is 11.5 Å². The van der Waals surface area contributed by atoms with Crippen molar-refractivity contribution in [2.45, 2.75) is 31.3 Å². The van der Waals surface area contributed by atoms with Crippen LogP contribution in [0.1, 0.15) is 6.92 Å². The van der Waals surface area contributed by atoms with E-state index in [0.717, 1.165) is 13.2 Å². The zero-order valence-electron chi connectivity index (χ0n) is 10.9. The van der Waals surface area contributed by atoms with Crippen LogP contribution in [0.2, 0.25) is 0 Å². The average Bonchev–Trinajstić information content (AvgIpc) is 3.28. The molecule has 0 radical (unpaired) electrons. The van der Waals surface area contributed by atoms with E-state index < -0.39 is 0 Å². The van der Waals surface area contributed by atoms with Gasteiger partial charge in [-0.25, -0.2) is 0 Å². The molecule has 5 heteroatoms. The summed E-state index contributed by atoms with van der Waals surface area (Å²) in [5.41, 5.74) is 0. The van der Waals surface area contributed by atoms with E-state index in [0.29, 0.717) is 43.2 Å². The van der Waals surface area contributed by atoms with Gasteiger partial charge >= 0.3 is 0 Å². The molecule has 0 aromatic heterocycles. The number of ether oxygens (including phenoxy) is 5. The van der Waals surface area contributed by atoms with Crippen LogP contribution in [0.5, 0.6) is 0 Å². The Kier molecular flexibility index (Phi) is 2.17. The highest BCUT2D eigenvalue weighted by atomic mass is 16.6. The van der Waals surface area contributed by atoms with Crippen molar-refractivity contribution < 1.29 is 23.7 Å². The van der Waals surface area contributed by atoms with Gasteiger partial charge in [0.05, 0.1) is 50.5 Å². The molecule has 104 valence electrons. The Hall–Kier alpha value is -0.620. The van der Waals surface area contributed by atoms with Gasteiger partial charge in [0.2, 0.25) is 0 Å². The largest absolute Gasteiger partial charge is 0.458 e. The number of hydrogen-bond donors (Lipinski definition) is 0. The van der Waals surface area contributed by atoms with E-state index in [1.807, 2.05) is 0 Å². The second kappa shape index (κ2) is 3.73. The highest BCUT2D eigenvalue weighted by Crippen LogP contribution is 2.63. The Morgan fingerprint density at radius 2 is 1.42 bits per heavy atom. The predicted molar refractivity (Wildman–Crippen MR) is 63.2 cm³/mol. The van der Waals surface area contributed by atoms with Crippen LogP contribution >= 0.6 is 0 Å². The fraction of sp³-hybridized carbons (Fsp3) is 0.857. The molecule has 6 unspecified atom stereocenters. The van der Waals surface area contributed by atoms with Crippen molar-refractivity contribution in [3.8, 4) is 0 Å². The van der Waals surface area contributed by atoms with Gasteiger partial charge in [-0.05, 0) is 5.92 Å². The molecule has 2 bridgehead atoms. The maximum absolute atomic E-state index is 6.09. The number of rotatable bonds is 6. The topological polar surface area (TPSA) is 56.0 Å². The Balaban J connectivity index is 1.32. The first-order chi connectivity index (χ1) is 9.33. The quantitative estimate of drug-likeness (QED) is 0.662. The van der Waals surface area contributed by atoms with Crippen molar-refractivity contribution in [2.24, 2.45) is 17.8 Å². The predicted octanol–water partition coefficient (Wildman–Crippen LogP) is 0.692. The van der Waals surface area contributed by atoms with Gasteiger partial charge in [-0.15, -0.1) is 0 Å². The van der Waals surface area contributed by atoms with Gasteiger partial charge in [-0.1, -0.05) is 6.92 Å². The average molecular weight is 266 g/mol. The molecule has 19 heavy (non-hydrogen) atoms. The first-order valence-electron chi connectivity index (χ1n) is 7.21. The molecule has 2 saturated heterocycles. The number of epoxide rings is 2. The second-order valence-electron chi connectivity index (χ2n) is 6.25. The van der Waals surface area contributed by atoms with E-state index in [-0.39, 0.29) is 12.2 Å². The lowest BCUT2D eigenvalue weighted by Gasteiger charge is -2.25. The fourth-order valence-electron chi connectivity index (χ4n) is 3.73. The lowest BCUT2D eigenvalue weighted by atomic mass is 9.97. The van der Waals surface area contributed by atoms with Gasteiger partial charge in [-0.2, -0.15) is 0 Å². The minimum atomic E-state index is 0.129. The summed E-state index contributed by atoms with van der Waals surface area (Å²) in [5.74, 6) is 3.73. The van der Waals surface area contributed by atoms with Crippen LogP contribution in [0.25, 0.3) is 0 Å². The molecule has 0 spiro atoms. The van der Waals surface area contributed by atoms with Crippen LogP contribution < -0.4 is 0 Å². The maximum atomic E-state index is 6.09. The zero-order chi connectivity index (χ0) is 12.6. The summed E-state index contributed by atoms with van der Waals surface area (Å²) in [7, 11) is 0. The van der Waals surface area contributed by atoms with Gasteiger partial charge in [0.25, 0.3) is 0 Å². The Bertz CT molecular complexity index is 401. The molecule has 1 saturated carbocycles. The SMILES string of the molecule is CC1C2C3=C(O3)C1C(OCC1CO1)C2OCC1CO1. The Morgan fingerprint density at radius 3 is 1.84 bits per heavy atom. The molecule has 0 aromatic carbocycles. The summed E-state index contributed by atoms with van der Waals surface area (Å²) in [5, 5.41) is 0. The molecule has 2 aliphatic carbocycles. The number of fused-ring (bicyclic) bond motifs is 4. The summed E-state index contributed by atoms with van der Waals surface area (Å²) >= 11 is 0. The molecule has 3 heterocycles. The van der Waals surface area contributed by atoms with Gasteiger partial charge in [-0.3, -0.25) is 0 Å². The summed E-state index contributed by atoms with van der Waals surface area (Å²) in [6, 6.07) is 0. The molecule has 5 nitrogen and oxygen atoms in total. The smallest absolute Gasteiger partial charge is 0.148 e. The summed E-state index contributed by atoms with van der Waals surface area (Å²) in [4.78, 5) is 0. The van der Waals surface area contributed by atoms with Crippen LogP contribution in [0.3, 0.4) is 0 Å². The Morgan fingerprint density at radius 1 is 0.947 bits per heavy atom. The van der Waals surface area contributed by atoms with Gasteiger partial charge in [0.15, 0.2) is 0 Å². The van der Waals surface area contributed by atoms with Crippen LogP contribution in [0, 0.1) is 17.8 Å². The van der Waals surface area contributed by atoms with Gasteiger partial charge in [0, 0.05) is 0 Å². The van der Waals surface area contributed by atoms with Crippen molar-refractivity contribution in [1.82, 2.24) is 0 Å². The van der Waals surface area contributed by atoms with Crippen LogP contribution in [0.4, 0.5) is 0 Å². The van der Waals surface area contributed by atoms with E-state index >= 15 is 0 Å². The van der Waals surface area contributed by atoms with Gasteiger partial charge in [0.1, 0.15) is 23.7 Å². The molecule has 6 atom stereocenters. The minimum Gasteiger partial charge on any atom is -0.458 e. The van der Waals surface area contributed by atoms with Crippen molar-refractivity contribution in [3.63, 3.8) is 0 Å². The monoisotopic (exact) mass is 266 g/mol. The lowest BCUT2D eigenvalue weighted by Crippen LogP contribution is -2.37. The summed E-state index contributed by atoms with van der Waals surface area (Å²) < 4.78 is 28.3. The third-order valence-corrected chi connectivity index (χ3v) is 4.95. The van der Waals surface area contributed by atoms with E-state index in [2.05, 4.69) is 6.92 Å². The summed E-state index contributed by atoms with van der Waals surface area (Å²) in [6.07, 6.45) is 0.860. The van der Waals surface area contributed by atoms with Crippen molar-refractivity contribution >= 4 is 0 Å². The van der Waals surface area contributed by atoms with Crippen LogP contribution in [-0.4, -0.2) is 50.8 Å². The highest BCUT2D eigenvalue weighted by molar-refractivity contribution is 5.38. The molecule has 3 fully saturated rings. The molecular weight excluding hydrogens is 248 g/mol. The zero-order valence-corrected chi connectivity index (χ0v) is 10.9. The molecular formula is C14H18O5. The van der Waals surface area contributed by atoms with E-state index in [1.54, 1.807) is 0 Å². The molecule has 0 amide bonds. The van der Waals surface area contributed by atoms with E-state index in [9.17, 15) is 0 Å². The van der Waals surface area contributed by atoms with Gasteiger partial charge < -0.3 is 23.7 Å². The van der Waals surface area contributed by atoms with Crippen molar-refractivity contribution in [2.75, 3.05) is 26.4 Å². The van der Waals surface area contributed by atoms with Crippen LogP contribution in [0.15, 0.2) is 11.5 Å². The standard InChI is InChI=1S/C14H18O5/c1-6-9-11(17-4-7-2-15-7)12(18-5-8-3-16-8)10(6)14-13(9)19-14/h6-12H,2-5H2,1H3. The lowest BCUT2D eigenvalue weighted by molar-refractivity contribution is -0.0829. The Labute approximate surface area is 111 Å². The van der Waals surface area contributed by atoms with E-state index in [4.69, 9.17) is 23.7 Å². The van der Waals surface area contributed by atoms with Crippen molar-refractivity contribution in [1.29, 1.82) is 0 Å². The first-order valence-corrected chi connectivity index (χ1v) is 7.21. The third kappa shape index (κ3) is 1.69. The highest BCUT2D eigenvalue weighted by Gasteiger charge is 2.66. The third-order valence-electron chi connectivity index (χ3n) is 4.95. The van der Waals surface area contributed by atoms with Crippen LogP contribution in [-0.2, 0) is 23.7 Å². The second-order valence-corrected chi connectivity index (χ2v) is 6.25. The number of hydrogen-bond acceptors (Lipinski definition) is 5. The molecule has 5 rings (SSSR count). The molecule has 5 aliphatic rings. The fourth-order valence-corrected chi connectivity index (χ4v) is 3.73. The first kappa shape index (κ1) is 11.1. The molecule has 0 aromatic rings.